The number of aliphatic hydroxyl groups excluding tert-OH is 3. The first-order valence-electron chi connectivity index (χ1n) is 3.40. The lowest BCUT2D eigenvalue weighted by atomic mass is 9.98. The summed E-state index contributed by atoms with van der Waals surface area (Å²) in [5.41, 5.74) is 0. The zero-order valence-corrected chi connectivity index (χ0v) is 5.86. The molecule has 0 spiro atoms. The van der Waals surface area contributed by atoms with E-state index in [1.165, 1.54) is 0 Å². The molecule has 4 heteroatoms. The standard InChI is InChI=1S/C6H13NO3/c1-3-5(9)6(10)4(8)2-7-3/h3-10H,2H2,1H3/t3?,4?,5-,6?/m0/s1. The van der Waals surface area contributed by atoms with E-state index in [-0.39, 0.29) is 6.04 Å². The number of nitrogens with one attached hydrogen (secondary N) is 1. The van der Waals surface area contributed by atoms with Crippen molar-refractivity contribution in [2.24, 2.45) is 0 Å². The molecule has 0 aromatic heterocycles. The Morgan fingerprint density at radius 2 is 1.80 bits per heavy atom. The normalized spacial score (nSPS) is 49.2. The minimum atomic E-state index is -1.00. The topological polar surface area (TPSA) is 72.7 Å². The van der Waals surface area contributed by atoms with Crippen LogP contribution in [0.5, 0.6) is 0 Å². The third-order valence-corrected chi connectivity index (χ3v) is 1.91. The van der Waals surface area contributed by atoms with E-state index >= 15 is 0 Å². The molecule has 0 amide bonds. The molecule has 1 aliphatic rings. The van der Waals surface area contributed by atoms with E-state index in [9.17, 15) is 0 Å². The first-order valence-corrected chi connectivity index (χ1v) is 3.40. The molecular formula is C6H13NO3. The third-order valence-electron chi connectivity index (χ3n) is 1.91. The Hall–Kier alpha value is -0.160. The van der Waals surface area contributed by atoms with Crippen molar-refractivity contribution < 1.29 is 15.3 Å². The molecular weight excluding hydrogens is 134 g/mol. The summed E-state index contributed by atoms with van der Waals surface area (Å²) in [4.78, 5) is 0. The van der Waals surface area contributed by atoms with Crippen LogP contribution in [0.15, 0.2) is 0 Å². The van der Waals surface area contributed by atoms with Crippen LogP contribution in [0.2, 0.25) is 0 Å². The summed E-state index contributed by atoms with van der Waals surface area (Å²) in [5, 5.41) is 30.1. The predicted molar refractivity (Wildman–Crippen MR) is 35.5 cm³/mol. The SMILES string of the molecule is CC1NCC(O)C(O)[C@H]1O. The van der Waals surface area contributed by atoms with Crippen LogP contribution in [0.4, 0.5) is 0 Å². The molecule has 1 fully saturated rings. The molecule has 10 heavy (non-hydrogen) atoms. The van der Waals surface area contributed by atoms with E-state index < -0.39 is 18.3 Å². The average Bonchev–Trinajstić information content (AvgIpc) is 1.93. The third kappa shape index (κ3) is 1.29. The number of β-amino-alcohol motifs (C(OH)–C–C–N with tert-alkyl or cyclic N) is 1. The first kappa shape index (κ1) is 7.94. The van der Waals surface area contributed by atoms with Crippen molar-refractivity contribution in [1.82, 2.24) is 5.32 Å². The molecule has 1 saturated heterocycles. The van der Waals surface area contributed by atoms with Gasteiger partial charge in [-0.3, -0.25) is 0 Å². The molecule has 0 radical (unpaired) electrons. The van der Waals surface area contributed by atoms with Crippen LogP contribution in [0.25, 0.3) is 0 Å². The van der Waals surface area contributed by atoms with Gasteiger partial charge in [0.15, 0.2) is 0 Å². The minimum Gasteiger partial charge on any atom is -0.389 e. The van der Waals surface area contributed by atoms with Crippen LogP contribution in [0.3, 0.4) is 0 Å². The molecule has 4 nitrogen and oxygen atoms in total. The molecule has 60 valence electrons. The van der Waals surface area contributed by atoms with E-state index in [0.29, 0.717) is 6.54 Å². The van der Waals surface area contributed by atoms with Crippen molar-refractivity contribution >= 4 is 0 Å². The van der Waals surface area contributed by atoms with Crippen LogP contribution in [0, 0.1) is 0 Å². The van der Waals surface area contributed by atoms with Gasteiger partial charge < -0.3 is 20.6 Å². The summed E-state index contributed by atoms with van der Waals surface area (Å²) >= 11 is 0. The first-order chi connectivity index (χ1) is 4.63. The second-order valence-electron chi connectivity index (χ2n) is 2.75. The minimum absolute atomic E-state index is 0.140. The van der Waals surface area contributed by atoms with Gasteiger partial charge in [0.05, 0.1) is 12.2 Å². The van der Waals surface area contributed by atoms with E-state index in [0.717, 1.165) is 0 Å². The van der Waals surface area contributed by atoms with Crippen LogP contribution >= 0.6 is 0 Å². The molecule has 4 N–H and O–H groups in total. The monoisotopic (exact) mass is 147 g/mol. The average molecular weight is 147 g/mol. The smallest absolute Gasteiger partial charge is 0.108 e. The summed E-state index contributed by atoms with van der Waals surface area (Å²) in [6.45, 7) is 2.11. The van der Waals surface area contributed by atoms with Gasteiger partial charge in [0.25, 0.3) is 0 Å². The van der Waals surface area contributed by atoms with Crippen molar-refractivity contribution in [2.45, 2.75) is 31.3 Å². The van der Waals surface area contributed by atoms with Crippen LogP contribution < -0.4 is 5.32 Å². The lowest BCUT2D eigenvalue weighted by molar-refractivity contribution is -0.0910. The molecule has 0 bridgehead atoms. The van der Waals surface area contributed by atoms with Crippen molar-refractivity contribution in [2.75, 3.05) is 6.54 Å². The van der Waals surface area contributed by atoms with Gasteiger partial charge >= 0.3 is 0 Å². The second-order valence-corrected chi connectivity index (χ2v) is 2.75. The highest BCUT2D eigenvalue weighted by Gasteiger charge is 2.33. The fourth-order valence-corrected chi connectivity index (χ4v) is 1.07. The fourth-order valence-electron chi connectivity index (χ4n) is 1.07. The van der Waals surface area contributed by atoms with Gasteiger partial charge in [-0.05, 0) is 6.92 Å². The number of hydrogen-bond donors (Lipinski definition) is 4. The molecule has 0 saturated carbocycles. The van der Waals surface area contributed by atoms with Crippen molar-refractivity contribution in [3.63, 3.8) is 0 Å². The van der Waals surface area contributed by atoms with Crippen LogP contribution in [0.1, 0.15) is 6.92 Å². The van der Waals surface area contributed by atoms with Gasteiger partial charge in [-0.2, -0.15) is 0 Å². The molecule has 1 aliphatic heterocycles. The largest absolute Gasteiger partial charge is 0.389 e. The van der Waals surface area contributed by atoms with Crippen molar-refractivity contribution in [1.29, 1.82) is 0 Å². The Morgan fingerprint density at radius 1 is 1.20 bits per heavy atom. The summed E-state index contributed by atoms with van der Waals surface area (Å²) in [6, 6.07) is -0.140. The summed E-state index contributed by atoms with van der Waals surface area (Å²) in [5.74, 6) is 0. The zero-order valence-electron chi connectivity index (χ0n) is 5.86. The summed E-state index contributed by atoms with van der Waals surface area (Å²) < 4.78 is 0. The predicted octanol–water partition coefficient (Wildman–Crippen LogP) is -1.94. The van der Waals surface area contributed by atoms with E-state index in [1.54, 1.807) is 6.92 Å². The maximum absolute atomic E-state index is 9.14. The van der Waals surface area contributed by atoms with Crippen molar-refractivity contribution in [3.8, 4) is 0 Å². The number of piperidine rings is 1. The molecule has 0 aliphatic carbocycles. The highest BCUT2D eigenvalue weighted by molar-refractivity contribution is 4.89. The van der Waals surface area contributed by atoms with Gasteiger partial charge in [0.1, 0.15) is 6.10 Å². The van der Waals surface area contributed by atoms with Gasteiger partial charge in [0, 0.05) is 12.6 Å². The Kier molecular flexibility index (Phi) is 2.25. The maximum atomic E-state index is 9.14. The number of rotatable bonds is 0. The van der Waals surface area contributed by atoms with Gasteiger partial charge in [-0.25, -0.2) is 0 Å². The number of aliphatic hydroxyl groups is 3. The molecule has 3 unspecified atom stereocenters. The van der Waals surface area contributed by atoms with Gasteiger partial charge in [0.2, 0.25) is 0 Å². The van der Waals surface area contributed by atoms with E-state index in [4.69, 9.17) is 15.3 Å². The highest BCUT2D eigenvalue weighted by Crippen LogP contribution is 2.09. The molecule has 1 heterocycles. The number of hydrogen-bond acceptors (Lipinski definition) is 4. The molecule has 1 rings (SSSR count). The quantitative estimate of drug-likeness (QED) is 0.322. The Balaban J connectivity index is 2.52. The zero-order chi connectivity index (χ0) is 7.72. The van der Waals surface area contributed by atoms with Gasteiger partial charge in [-0.15, -0.1) is 0 Å². The molecule has 4 atom stereocenters. The molecule has 0 aromatic rings. The van der Waals surface area contributed by atoms with E-state index in [1.807, 2.05) is 0 Å². The Bertz CT molecular complexity index is 106. The summed E-state index contributed by atoms with van der Waals surface area (Å²) in [7, 11) is 0. The summed E-state index contributed by atoms with van der Waals surface area (Å²) in [6.07, 6.45) is -2.70. The fraction of sp³-hybridized carbons (Fsp3) is 1.00. The second kappa shape index (κ2) is 2.84. The lowest BCUT2D eigenvalue weighted by Gasteiger charge is -2.33. The highest BCUT2D eigenvalue weighted by atomic mass is 16.4. The van der Waals surface area contributed by atoms with E-state index in [2.05, 4.69) is 5.32 Å². The maximum Gasteiger partial charge on any atom is 0.108 e. The van der Waals surface area contributed by atoms with Crippen LogP contribution in [-0.2, 0) is 0 Å². The van der Waals surface area contributed by atoms with Crippen LogP contribution in [-0.4, -0.2) is 46.2 Å². The Morgan fingerprint density at radius 3 is 2.30 bits per heavy atom. The Labute approximate surface area is 59.5 Å². The molecule has 0 aromatic carbocycles. The van der Waals surface area contributed by atoms with Gasteiger partial charge in [-0.1, -0.05) is 0 Å². The lowest BCUT2D eigenvalue weighted by Crippen LogP contribution is -2.58. The van der Waals surface area contributed by atoms with Crippen molar-refractivity contribution in [3.05, 3.63) is 0 Å².